The van der Waals surface area contributed by atoms with Crippen LogP contribution in [0.25, 0.3) is 0 Å². The molecule has 0 spiro atoms. The van der Waals surface area contributed by atoms with Gasteiger partial charge in [0.05, 0.1) is 0 Å². The Hall–Kier alpha value is -1.50. The first-order valence-corrected chi connectivity index (χ1v) is 9.26. The van der Waals surface area contributed by atoms with Crippen LogP contribution >= 0.6 is 0 Å². The standard InChI is InChI=1S/C22H30O/c1-3-5-17-6-7-21-16-20(9-8-19(21)15-17)18-10-12-22(13-11-18)23-14-4-2/h3-5,10-13,17,19-21H,2,6-9,14-16H2,1H3/b5-3+. The summed E-state index contributed by atoms with van der Waals surface area (Å²) in [6, 6.07) is 8.78. The van der Waals surface area contributed by atoms with Crippen LogP contribution in [0.2, 0.25) is 0 Å². The maximum Gasteiger partial charge on any atom is 0.119 e. The van der Waals surface area contributed by atoms with Gasteiger partial charge in [-0.25, -0.2) is 0 Å². The number of ether oxygens (including phenoxy) is 1. The quantitative estimate of drug-likeness (QED) is 0.595. The molecule has 0 amide bonds. The fourth-order valence-electron chi connectivity index (χ4n) is 4.67. The third kappa shape index (κ3) is 4.07. The van der Waals surface area contributed by atoms with Gasteiger partial charge in [-0.2, -0.15) is 0 Å². The maximum atomic E-state index is 5.59. The van der Waals surface area contributed by atoms with Crippen molar-refractivity contribution in [1.29, 1.82) is 0 Å². The van der Waals surface area contributed by atoms with Gasteiger partial charge in [-0.05, 0) is 86.8 Å². The van der Waals surface area contributed by atoms with Crippen molar-refractivity contribution >= 4 is 0 Å². The third-order valence-electron chi connectivity index (χ3n) is 5.84. The van der Waals surface area contributed by atoms with Gasteiger partial charge in [0, 0.05) is 0 Å². The molecule has 3 rings (SSSR count). The van der Waals surface area contributed by atoms with Crippen LogP contribution in [0.15, 0.2) is 49.1 Å². The Morgan fingerprint density at radius 2 is 1.78 bits per heavy atom. The summed E-state index contributed by atoms with van der Waals surface area (Å²) in [5.41, 5.74) is 1.50. The number of hydrogen-bond donors (Lipinski definition) is 0. The zero-order chi connectivity index (χ0) is 16.1. The van der Waals surface area contributed by atoms with Gasteiger partial charge in [0.1, 0.15) is 12.4 Å². The zero-order valence-corrected chi connectivity index (χ0v) is 14.4. The number of allylic oxidation sites excluding steroid dienone is 2. The van der Waals surface area contributed by atoms with Crippen molar-refractivity contribution in [3.63, 3.8) is 0 Å². The molecular weight excluding hydrogens is 280 g/mol. The molecule has 1 aromatic carbocycles. The van der Waals surface area contributed by atoms with Crippen LogP contribution in [-0.2, 0) is 0 Å². The van der Waals surface area contributed by atoms with E-state index in [2.05, 4.69) is 49.9 Å². The van der Waals surface area contributed by atoms with Crippen LogP contribution in [-0.4, -0.2) is 6.61 Å². The number of hydrogen-bond acceptors (Lipinski definition) is 1. The molecule has 0 heterocycles. The Morgan fingerprint density at radius 3 is 2.52 bits per heavy atom. The SMILES string of the molecule is C=CCOc1ccc(C2CCC3CC(/C=C/C)CCC3C2)cc1. The second kappa shape index (κ2) is 7.86. The summed E-state index contributed by atoms with van der Waals surface area (Å²) >= 11 is 0. The van der Waals surface area contributed by atoms with E-state index in [1.165, 1.54) is 44.1 Å². The molecule has 2 saturated carbocycles. The van der Waals surface area contributed by atoms with E-state index in [0.29, 0.717) is 6.61 Å². The van der Waals surface area contributed by atoms with Crippen molar-refractivity contribution in [2.75, 3.05) is 6.61 Å². The molecule has 4 atom stereocenters. The first-order valence-electron chi connectivity index (χ1n) is 9.26. The van der Waals surface area contributed by atoms with E-state index in [0.717, 1.165) is 29.4 Å². The minimum atomic E-state index is 0.583. The second-order valence-electron chi connectivity index (χ2n) is 7.30. The monoisotopic (exact) mass is 310 g/mol. The van der Waals surface area contributed by atoms with Gasteiger partial charge in [-0.15, -0.1) is 0 Å². The average molecular weight is 310 g/mol. The number of rotatable bonds is 5. The average Bonchev–Trinajstić information content (AvgIpc) is 2.60. The Kier molecular flexibility index (Phi) is 5.59. The van der Waals surface area contributed by atoms with Crippen LogP contribution in [0.3, 0.4) is 0 Å². The lowest BCUT2D eigenvalue weighted by Gasteiger charge is -2.41. The Balaban J connectivity index is 1.58. The van der Waals surface area contributed by atoms with Crippen molar-refractivity contribution in [3.8, 4) is 5.75 Å². The Labute approximate surface area is 141 Å². The molecule has 0 saturated heterocycles. The van der Waals surface area contributed by atoms with Crippen LogP contribution in [0.1, 0.15) is 56.9 Å². The summed E-state index contributed by atoms with van der Waals surface area (Å²) in [6.45, 7) is 6.43. The van der Waals surface area contributed by atoms with Crippen LogP contribution in [0.4, 0.5) is 0 Å². The van der Waals surface area contributed by atoms with Crippen molar-refractivity contribution in [2.24, 2.45) is 17.8 Å². The molecule has 1 heteroatoms. The van der Waals surface area contributed by atoms with E-state index in [-0.39, 0.29) is 0 Å². The van der Waals surface area contributed by atoms with Crippen molar-refractivity contribution in [1.82, 2.24) is 0 Å². The highest BCUT2D eigenvalue weighted by molar-refractivity contribution is 5.30. The van der Waals surface area contributed by atoms with Crippen molar-refractivity contribution in [2.45, 2.75) is 51.4 Å². The van der Waals surface area contributed by atoms with Gasteiger partial charge in [-0.3, -0.25) is 0 Å². The minimum absolute atomic E-state index is 0.583. The van der Waals surface area contributed by atoms with Crippen LogP contribution < -0.4 is 4.74 Å². The number of benzene rings is 1. The van der Waals surface area contributed by atoms with Crippen molar-refractivity contribution < 1.29 is 4.74 Å². The molecule has 0 bridgehead atoms. The summed E-state index contributed by atoms with van der Waals surface area (Å²) in [5, 5.41) is 0. The highest BCUT2D eigenvalue weighted by Gasteiger charge is 2.35. The van der Waals surface area contributed by atoms with Crippen LogP contribution in [0.5, 0.6) is 5.75 Å². The van der Waals surface area contributed by atoms with Crippen LogP contribution in [0, 0.1) is 17.8 Å². The second-order valence-corrected chi connectivity index (χ2v) is 7.30. The molecule has 1 aromatic rings. The molecule has 23 heavy (non-hydrogen) atoms. The summed E-state index contributed by atoms with van der Waals surface area (Å²) in [4.78, 5) is 0. The lowest BCUT2D eigenvalue weighted by Crippen LogP contribution is -2.30. The lowest BCUT2D eigenvalue weighted by atomic mass is 9.64. The fraction of sp³-hybridized carbons (Fsp3) is 0.545. The first-order chi connectivity index (χ1) is 11.3. The summed E-state index contributed by atoms with van der Waals surface area (Å²) in [5.74, 6) is 4.47. The van der Waals surface area contributed by atoms with Gasteiger partial charge in [0.15, 0.2) is 0 Å². The molecule has 0 aliphatic heterocycles. The normalized spacial score (nSPS) is 30.8. The topological polar surface area (TPSA) is 9.23 Å². The van der Waals surface area contributed by atoms with Gasteiger partial charge < -0.3 is 4.74 Å². The molecule has 1 nitrogen and oxygen atoms in total. The Bertz CT molecular complexity index is 527. The van der Waals surface area contributed by atoms with E-state index < -0.39 is 0 Å². The molecule has 4 unspecified atom stereocenters. The van der Waals surface area contributed by atoms with Gasteiger partial charge in [0.25, 0.3) is 0 Å². The lowest BCUT2D eigenvalue weighted by molar-refractivity contribution is 0.133. The smallest absolute Gasteiger partial charge is 0.119 e. The van der Waals surface area contributed by atoms with Gasteiger partial charge in [-0.1, -0.05) is 36.9 Å². The highest BCUT2D eigenvalue weighted by atomic mass is 16.5. The van der Waals surface area contributed by atoms with E-state index in [4.69, 9.17) is 4.74 Å². The summed E-state index contributed by atoms with van der Waals surface area (Å²) < 4.78 is 5.59. The molecule has 2 aliphatic rings. The molecular formula is C22H30O. The summed E-state index contributed by atoms with van der Waals surface area (Å²) in [7, 11) is 0. The summed E-state index contributed by atoms with van der Waals surface area (Å²) in [6.07, 6.45) is 14.9. The highest BCUT2D eigenvalue weighted by Crippen LogP contribution is 2.47. The maximum absolute atomic E-state index is 5.59. The first kappa shape index (κ1) is 16.4. The fourth-order valence-corrected chi connectivity index (χ4v) is 4.67. The van der Waals surface area contributed by atoms with E-state index in [1.807, 2.05) is 0 Å². The van der Waals surface area contributed by atoms with E-state index >= 15 is 0 Å². The molecule has 124 valence electrons. The van der Waals surface area contributed by atoms with Crippen molar-refractivity contribution in [3.05, 3.63) is 54.6 Å². The zero-order valence-electron chi connectivity index (χ0n) is 14.4. The Morgan fingerprint density at radius 1 is 1.04 bits per heavy atom. The number of fused-ring (bicyclic) bond motifs is 1. The van der Waals surface area contributed by atoms with Gasteiger partial charge >= 0.3 is 0 Å². The van der Waals surface area contributed by atoms with E-state index in [9.17, 15) is 0 Å². The molecule has 2 aliphatic carbocycles. The molecule has 2 fully saturated rings. The third-order valence-corrected chi connectivity index (χ3v) is 5.84. The van der Waals surface area contributed by atoms with E-state index in [1.54, 1.807) is 6.08 Å². The largest absolute Gasteiger partial charge is 0.490 e. The predicted molar refractivity (Wildman–Crippen MR) is 97.9 cm³/mol. The van der Waals surface area contributed by atoms with Gasteiger partial charge in [0.2, 0.25) is 0 Å². The molecule has 0 aromatic heterocycles. The molecule has 0 radical (unpaired) electrons. The minimum Gasteiger partial charge on any atom is -0.490 e. The predicted octanol–water partition coefficient (Wildman–Crippen LogP) is 6.13. The molecule has 0 N–H and O–H groups in total.